The van der Waals surface area contributed by atoms with Crippen LogP contribution in [0.3, 0.4) is 0 Å². The molecule has 0 nitrogen and oxygen atoms in total. The van der Waals surface area contributed by atoms with Crippen LogP contribution in [0.1, 0.15) is 17.7 Å². The quantitative estimate of drug-likeness (QED) is 0.659. The number of hydrogen-bond donors (Lipinski definition) is 0. The van der Waals surface area contributed by atoms with E-state index in [0.29, 0.717) is 10.9 Å². The van der Waals surface area contributed by atoms with Crippen LogP contribution in [0.25, 0.3) is 0 Å². The lowest BCUT2D eigenvalue weighted by Gasteiger charge is -2.34. The van der Waals surface area contributed by atoms with Crippen LogP contribution in [0.5, 0.6) is 0 Å². The van der Waals surface area contributed by atoms with Crippen molar-refractivity contribution in [2.75, 3.05) is 23.0 Å². The van der Waals surface area contributed by atoms with Crippen molar-refractivity contribution in [3.8, 4) is 0 Å². The van der Waals surface area contributed by atoms with Crippen molar-refractivity contribution in [2.45, 2.75) is 17.4 Å². The van der Waals surface area contributed by atoms with Crippen LogP contribution in [-0.4, -0.2) is 28.3 Å². The molecule has 3 saturated heterocycles. The van der Waals surface area contributed by atoms with Crippen molar-refractivity contribution < 1.29 is 0 Å². The zero-order valence-corrected chi connectivity index (χ0v) is 10.8. The minimum absolute atomic E-state index is 0.702. The maximum atomic E-state index is 2.50. The molecule has 0 radical (unpaired) electrons. The summed E-state index contributed by atoms with van der Waals surface area (Å²) in [6, 6.07) is 11.2. The van der Waals surface area contributed by atoms with E-state index >= 15 is 0 Å². The number of benzene rings is 1. The predicted molar refractivity (Wildman–Crippen MR) is 72.8 cm³/mol. The Balaban J connectivity index is 1.92. The molecule has 1 aromatic carbocycles. The van der Waals surface area contributed by atoms with Crippen LogP contribution in [0.4, 0.5) is 0 Å². The number of fused-ring (bicyclic) bond motifs is 3. The lowest BCUT2D eigenvalue weighted by molar-refractivity contribution is 0.868. The van der Waals surface area contributed by atoms with Gasteiger partial charge in [-0.2, -0.15) is 0 Å². The lowest BCUT2D eigenvalue weighted by atomic mass is 10.1. The molecule has 3 heterocycles. The summed E-state index contributed by atoms with van der Waals surface area (Å²) in [5.74, 6) is 6.11. The van der Waals surface area contributed by atoms with Crippen molar-refractivity contribution in [3.63, 3.8) is 0 Å². The first-order valence-electron chi connectivity index (χ1n) is 5.74. The van der Waals surface area contributed by atoms with Crippen LogP contribution in [0, 0.1) is 0 Å². The van der Waals surface area contributed by atoms with Gasteiger partial charge in [0.25, 0.3) is 0 Å². The summed E-state index contributed by atoms with van der Waals surface area (Å²) in [6.45, 7) is 2.50. The third kappa shape index (κ3) is 1.72. The SMILES string of the molecule is C[C@@H]1[C@H](c2ccccc2)[S+]2CC[S+]1CC2. The first-order valence-corrected chi connectivity index (χ1v) is 8.99. The van der Waals surface area contributed by atoms with Crippen molar-refractivity contribution in [1.82, 2.24) is 0 Å². The normalized spacial score (nSPS) is 39.3. The van der Waals surface area contributed by atoms with E-state index in [2.05, 4.69) is 37.3 Å². The number of rotatable bonds is 1. The molecule has 4 rings (SSSR count). The molecule has 15 heavy (non-hydrogen) atoms. The smallest absolute Gasteiger partial charge is 0.0622 e. The molecule has 3 fully saturated rings. The zero-order chi connectivity index (χ0) is 10.3. The van der Waals surface area contributed by atoms with Crippen molar-refractivity contribution in [2.24, 2.45) is 0 Å². The van der Waals surface area contributed by atoms with E-state index in [1.165, 1.54) is 23.0 Å². The maximum Gasteiger partial charge on any atom is 0.190 e. The number of hydrogen-bond acceptors (Lipinski definition) is 0. The fourth-order valence-corrected chi connectivity index (χ4v) is 10.4. The molecule has 0 N–H and O–H groups in total. The molecule has 3 aliphatic rings. The molecule has 2 atom stereocenters. The van der Waals surface area contributed by atoms with Gasteiger partial charge in [-0.1, -0.05) is 30.3 Å². The van der Waals surface area contributed by atoms with Gasteiger partial charge in [0.15, 0.2) is 33.5 Å². The molecule has 0 unspecified atom stereocenters. The van der Waals surface area contributed by atoms with Gasteiger partial charge in [-0.3, -0.25) is 0 Å². The Morgan fingerprint density at radius 3 is 2.13 bits per heavy atom. The van der Waals surface area contributed by atoms with Gasteiger partial charge in [0, 0.05) is 27.4 Å². The van der Waals surface area contributed by atoms with Crippen molar-refractivity contribution >= 4 is 21.8 Å². The third-order valence-electron chi connectivity index (χ3n) is 3.65. The Morgan fingerprint density at radius 1 is 0.933 bits per heavy atom. The van der Waals surface area contributed by atoms with E-state index in [9.17, 15) is 0 Å². The minimum Gasteiger partial charge on any atom is -0.0622 e. The summed E-state index contributed by atoms with van der Waals surface area (Å²) in [5.41, 5.74) is 1.62. The fourth-order valence-electron chi connectivity index (χ4n) is 2.81. The third-order valence-corrected chi connectivity index (χ3v) is 9.98. The highest BCUT2D eigenvalue weighted by Gasteiger charge is 2.55. The second-order valence-electron chi connectivity index (χ2n) is 4.43. The van der Waals surface area contributed by atoms with Gasteiger partial charge in [-0.05, 0) is 6.92 Å². The highest BCUT2D eigenvalue weighted by atomic mass is 32.2. The highest BCUT2D eigenvalue weighted by Crippen LogP contribution is 2.41. The summed E-state index contributed by atoms with van der Waals surface area (Å²) in [4.78, 5) is 0. The Hall–Kier alpha value is -0.0800. The van der Waals surface area contributed by atoms with Crippen molar-refractivity contribution in [1.29, 1.82) is 0 Å². The summed E-state index contributed by atoms with van der Waals surface area (Å²) in [6.07, 6.45) is 0. The molecular weight excluding hydrogens is 220 g/mol. The maximum absolute atomic E-state index is 2.50. The first-order chi connectivity index (χ1) is 7.36. The van der Waals surface area contributed by atoms with Crippen LogP contribution >= 0.6 is 0 Å². The molecule has 0 amide bonds. The van der Waals surface area contributed by atoms with Crippen LogP contribution in [0.2, 0.25) is 0 Å². The summed E-state index contributed by atoms with van der Waals surface area (Å²) < 4.78 is 0. The van der Waals surface area contributed by atoms with Gasteiger partial charge in [0.05, 0.1) is 0 Å². The molecule has 0 saturated carbocycles. The Bertz CT molecular complexity index is 326. The van der Waals surface area contributed by atoms with Gasteiger partial charge >= 0.3 is 0 Å². The zero-order valence-electron chi connectivity index (χ0n) is 9.19. The van der Waals surface area contributed by atoms with Gasteiger partial charge in [0.2, 0.25) is 0 Å². The van der Waals surface area contributed by atoms with E-state index in [4.69, 9.17) is 0 Å². The second kappa shape index (κ2) is 4.06. The second-order valence-corrected chi connectivity index (χ2v) is 9.46. The molecule has 0 aromatic heterocycles. The molecule has 2 bridgehead atoms. The van der Waals surface area contributed by atoms with Gasteiger partial charge in [0.1, 0.15) is 0 Å². The van der Waals surface area contributed by atoms with Gasteiger partial charge < -0.3 is 0 Å². The summed E-state index contributed by atoms with van der Waals surface area (Å²) in [5, 5.41) is 1.86. The highest BCUT2D eigenvalue weighted by molar-refractivity contribution is 8.07. The van der Waals surface area contributed by atoms with Crippen LogP contribution < -0.4 is 0 Å². The summed E-state index contributed by atoms with van der Waals surface area (Å²) in [7, 11) is 1.45. The molecule has 0 aliphatic carbocycles. The molecule has 3 aliphatic heterocycles. The van der Waals surface area contributed by atoms with E-state index in [1.807, 2.05) is 0 Å². The molecular formula is C13H18S2+2. The van der Waals surface area contributed by atoms with E-state index < -0.39 is 0 Å². The standard InChI is InChI=1S/C13H18S2/c1-11-13(12-5-3-2-4-6-12)15-9-7-14(11)8-10-15/h2-6,11,13H,7-10H2,1H3/q+2/t11-,13-,14?,15?/m1/s1. The van der Waals surface area contributed by atoms with Crippen LogP contribution in [-0.2, 0) is 21.8 Å². The molecule has 1 aromatic rings. The van der Waals surface area contributed by atoms with Gasteiger partial charge in [-0.25, -0.2) is 0 Å². The largest absolute Gasteiger partial charge is 0.190 e. The van der Waals surface area contributed by atoms with Gasteiger partial charge in [-0.15, -0.1) is 0 Å². The molecule has 80 valence electrons. The lowest BCUT2D eigenvalue weighted by Crippen LogP contribution is -2.51. The predicted octanol–water partition coefficient (Wildman–Crippen LogP) is 2.38. The first kappa shape index (κ1) is 10.1. The average Bonchev–Trinajstić information content (AvgIpc) is 2.31. The topological polar surface area (TPSA) is 0 Å². The Morgan fingerprint density at radius 2 is 1.53 bits per heavy atom. The molecule has 0 spiro atoms. The van der Waals surface area contributed by atoms with E-state index in [1.54, 1.807) is 5.56 Å². The van der Waals surface area contributed by atoms with Crippen LogP contribution in [0.15, 0.2) is 30.3 Å². The average molecular weight is 238 g/mol. The molecule has 2 heteroatoms. The van der Waals surface area contributed by atoms with E-state index in [0.717, 1.165) is 21.4 Å². The Labute approximate surface area is 98.2 Å². The Kier molecular flexibility index (Phi) is 2.73. The van der Waals surface area contributed by atoms with E-state index in [-0.39, 0.29) is 0 Å². The monoisotopic (exact) mass is 238 g/mol. The van der Waals surface area contributed by atoms with Crippen molar-refractivity contribution in [3.05, 3.63) is 35.9 Å². The summed E-state index contributed by atoms with van der Waals surface area (Å²) >= 11 is 0. The minimum atomic E-state index is 0.702. The fraction of sp³-hybridized carbons (Fsp3) is 0.538.